The van der Waals surface area contributed by atoms with E-state index >= 15 is 0 Å². The number of alkyl halides is 1. The van der Waals surface area contributed by atoms with Gasteiger partial charge in [0.1, 0.15) is 29.9 Å². The monoisotopic (exact) mass is 424 g/mol. The minimum Gasteiger partial charge on any atom is -0.388 e. The van der Waals surface area contributed by atoms with Crippen LogP contribution in [0.1, 0.15) is 33.1 Å². The lowest BCUT2D eigenvalue weighted by molar-refractivity contribution is -0.205. The number of amides is 1. The molecule has 0 bridgehead atoms. The number of thioether (sulfide) groups is 1. The molecule has 2 rings (SSSR count). The summed E-state index contributed by atoms with van der Waals surface area (Å²) in [6.07, 6.45) is -0.0980. The van der Waals surface area contributed by atoms with Gasteiger partial charge in [-0.2, -0.15) is 0 Å². The summed E-state index contributed by atoms with van der Waals surface area (Å²) >= 11 is 7.55. The van der Waals surface area contributed by atoms with Gasteiger partial charge in [-0.05, 0) is 39.0 Å². The molecule has 2 aliphatic heterocycles. The van der Waals surface area contributed by atoms with Gasteiger partial charge < -0.3 is 25.4 Å². The van der Waals surface area contributed by atoms with Crippen molar-refractivity contribution in [1.29, 1.82) is 0 Å². The Labute approximate surface area is 170 Å². The summed E-state index contributed by atoms with van der Waals surface area (Å²) in [4.78, 5) is 14.9. The van der Waals surface area contributed by atoms with Gasteiger partial charge in [0.25, 0.3) is 0 Å². The molecule has 0 aliphatic carbocycles. The summed E-state index contributed by atoms with van der Waals surface area (Å²) in [5.74, 6) is 0.350. The molecule has 0 aromatic carbocycles. The quantitative estimate of drug-likeness (QED) is 0.438. The molecule has 0 saturated carbocycles. The molecule has 2 heterocycles. The molecule has 1 amide bonds. The van der Waals surface area contributed by atoms with Crippen molar-refractivity contribution < 1.29 is 24.9 Å². The highest BCUT2D eigenvalue weighted by Crippen LogP contribution is 2.31. The van der Waals surface area contributed by atoms with Crippen molar-refractivity contribution in [1.82, 2.24) is 10.2 Å². The van der Waals surface area contributed by atoms with Gasteiger partial charge in [0, 0.05) is 6.54 Å². The van der Waals surface area contributed by atoms with Crippen LogP contribution < -0.4 is 5.32 Å². The van der Waals surface area contributed by atoms with E-state index in [1.54, 1.807) is 13.2 Å². The maximum absolute atomic E-state index is 12.9. The van der Waals surface area contributed by atoms with E-state index in [-0.39, 0.29) is 11.9 Å². The van der Waals surface area contributed by atoms with Crippen LogP contribution in [0, 0.1) is 5.92 Å². The number of aliphatic hydroxyl groups is 3. The summed E-state index contributed by atoms with van der Waals surface area (Å²) in [6, 6.07) is -0.934. The van der Waals surface area contributed by atoms with E-state index in [0.717, 1.165) is 25.8 Å². The van der Waals surface area contributed by atoms with Crippen LogP contribution in [0.25, 0.3) is 0 Å². The molecule has 0 spiro atoms. The minimum atomic E-state index is -1.36. The van der Waals surface area contributed by atoms with Crippen molar-refractivity contribution in [2.45, 2.75) is 80.4 Å². The van der Waals surface area contributed by atoms with E-state index in [9.17, 15) is 20.1 Å². The molecular formula is C18H33ClN2O5S. The van der Waals surface area contributed by atoms with Crippen LogP contribution >= 0.6 is 23.4 Å². The number of likely N-dealkylation sites (N-methyl/N-ethyl adjacent to an activating group) is 1. The number of carbonyl (C=O) groups excluding carboxylic acids is 1. The highest BCUT2D eigenvalue weighted by atomic mass is 35.5. The lowest BCUT2D eigenvalue weighted by Gasteiger charge is -2.44. The van der Waals surface area contributed by atoms with Gasteiger partial charge in [-0.3, -0.25) is 9.69 Å². The summed E-state index contributed by atoms with van der Waals surface area (Å²) in [5, 5.41) is 33.0. The molecular weight excluding hydrogens is 392 g/mol. The molecule has 2 aliphatic rings. The first-order valence-corrected chi connectivity index (χ1v) is 11.3. The zero-order valence-corrected chi connectivity index (χ0v) is 18.0. The first kappa shape index (κ1) is 23.2. The van der Waals surface area contributed by atoms with E-state index in [1.807, 2.05) is 11.9 Å². The zero-order chi connectivity index (χ0) is 20.3. The van der Waals surface area contributed by atoms with E-state index < -0.39 is 41.3 Å². The Hall–Kier alpha value is -0.0900. The number of nitrogens with zero attached hydrogens (tertiary/aromatic N) is 1. The highest BCUT2D eigenvalue weighted by Gasteiger charge is 2.48. The molecule has 1 unspecified atom stereocenters. The average Bonchev–Trinajstić information content (AvgIpc) is 2.99. The van der Waals surface area contributed by atoms with E-state index in [1.165, 1.54) is 11.8 Å². The van der Waals surface area contributed by atoms with Crippen molar-refractivity contribution in [3.63, 3.8) is 0 Å². The molecule has 2 fully saturated rings. The third-order valence-corrected chi connectivity index (χ3v) is 6.76. The second kappa shape index (κ2) is 10.1. The first-order chi connectivity index (χ1) is 12.7. The fourth-order valence-corrected chi connectivity index (χ4v) is 5.00. The van der Waals surface area contributed by atoms with E-state index in [0.29, 0.717) is 5.92 Å². The van der Waals surface area contributed by atoms with Crippen LogP contribution in [0.5, 0.6) is 0 Å². The number of hydrogen-bond donors (Lipinski definition) is 4. The Balaban J connectivity index is 2.09. The molecule has 27 heavy (non-hydrogen) atoms. The number of aliphatic hydroxyl groups excluding tert-OH is 3. The normalized spacial score (nSPS) is 39.9. The summed E-state index contributed by atoms with van der Waals surface area (Å²) < 4.78 is 5.79. The smallest absolute Gasteiger partial charge is 0.237 e. The van der Waals surface area contributed by atoms with Crippen molar-refractivity contribution in [3.8, 4) is 0 Å². The van der Waals surface area contributed by atoms with Crippen LogP contribution in [-0.4, -0.2) is 93.3 Å². The molecule has 2 saturated heterocycles. The van der Waals surface area contributed by atoms with Crippen LogP contribution in [0.3, 0.4) is 0 Å². The molecule has 0 radical (unpaired) electrons. The molecule has 4 N–H and O–H groups in total. The number of carbonyl (C=O) groups is 1. The van der Waals surface area contributed by atoms with Gasteiger partial charge in [0.2, 0.25) is 5.91 Å². The minimum absolute atomic E-state index is 0.147. The van der Waals surface area contributed by atoms with Crippen molar-refractivity contribution >= 4 is 29.3 Å². The Morgan fingerprint density at radius 1 is 1.33 bits per heavy atom. The lowest BCUT2D eigenvalue weighted by Crippen LogP contribution is -2.65. The van der Waals surface area contributed by atoms with E-state index in [2.05, 4.69) is 12.2 Å². The van der Waals surface area contributed by atoms with E-state index in [4.69, 9.17) is 16.3 Å². The Morgan fingerprint density at radius 2 is 2.00 bits per heavy atom. The number of hydrogen-bond acceptors (Lipinski definition) is 7. The average molecular weight is 425 g/mol. The molecule has 9 heteroatoms. The molecule has 0 aromatic heterocycles. The summed E-state index contributed by atoms with van der Waals surface area (Å²) in [5.41, 5.74) is -0.702. The number of halogens is 1. The lowest BCUT2D eigenvalue weighted by atomic mass is 9.92. The third kappa shape index (κ3) is 5.29. The number of nitrogens with one attached hydrogen (secondary N) is 1. The topological polar surface area (TPSA) is 102 Å². The van der Waals surface area contributed by atoms with Crippen molar-refractivity contribution in [2.75, 3.05) is 19.8 Å². The highest BCUT2D eigenvalue weighted by molar-refractivity contribution is 7.99. The van der Waals surface area contributed by atoms with Crippen molar-refractivity contribution in [3.05, 3.63) is 0 Å². The second-order valence-corrected chi connectivity index (χ2v) is 9.36. The molecule has 9 atom stereocenters. The van der Waals surface area contributed by atoms with Gasteiger partial charge >= 0.3 is 0 Å². The zero-order valence-electron chi connectivity index (χ0n) is 16.4. The van der Waals surface area contributed by atoms with Crippen LogP contribution in [0.2, 0.25) is 0 Å². The Bertz CT molecular complexity index is 498. The van der Waals surface area contributed by atoms with Gasteiger partial charge in [-0.15, -0.1) is 23.4 Å². The number of rotatable bonds is 7. The number of ether oxygens (including phenoxy) is 1. The summed E-state index contributed by atoms with van der Waals surface area (Å²) in [6.45, 7) is 4.74. The van der Waals surface area contributed by atoms with Crippen molar-refractivity contribution in [2.24, 2.45) is 5.92 Å². The first-order valence-electron chi connectivity index (χ1n) is 9.58. The Kier molecular flexibility index (Phi) is 8.67. The van der Waals surface area contributed by atoms with Gasteiger partial charge in [-0.1, -0.05) is 13.3 Å². The van der Waals surface area contributed by atoms with Gasteiger partial charge in [0.15, 0.2) is 0 Å². The molecule has 0 aromatic rings. The molecule has 158 valence electrons. The SMILES string of the molecule is CCC[C@@H]1C[C@@H](C(=O)NC([C@H](C)Cl)[C@H]2O[C@H](SC)[C@H](O)[C@@H](O)[C@H]2O)N(C)C1. The summed E-state index contributed by atoms with van der Waals surface area (Å²) in [7, 11) is 1.94. The fourth-order valence-electron chi connectivity index (χ4n) is 4.11. The molecule has 7 nitrogen and oxygen atoms in total. The second-order valence-electron chi connectivity index (χ2n) is 7.73. The number of likely N-dealkylation sites (tertiary alicyclic amines) is 1. The van der Waals surface area contributed by atoms with Gasteiger partial charge in [-0.25, -0.2) is 0 Å². The largest absolute Gasteiger partial charge is 0.388 e. The maximum atomic E-state index is 12.9. The van der Waals surface area contributed by atoms with Crippen LogP contribution in [0.4, 0.5) is 0 Å². The van der Waals surface area contributed by atoms with Crippen LogP contribution in [0.15, 0.2) is 0 Å². The third-order valence-electron chi connectivity index (χ3n) is 5.63. The predicted octanol–water partition coefficient (Wildman–Crippen LogP) is 0.390. The fraction of sp³-hybridized carbons (Fsp3) is 0.944. The Morgan fingerprint density at radius 3 is 2.56 bits per heavy atom. The van der Waals surface area contributed by atoms with Gasteiger partial charge in [0.05, 0.1) is 17.5 Å². The maximum Gasteiger partial charge on any atom is 0.237 e. The predicted molar refractivity (Wildman–Crippen MR) is 107 cm³/mol. The van der Waals surface area contributed by atoms with Crippen LogP contribution in [-0.2, 0) is 9.53 Å². The standard InChI is InChI=1S/C18H33ClN2O5S/c1-5-6-10-7-11(21(3)8-10)17(25)20-12(9(2)19)16-14(23)13(22)15(24)18(26-16)27-4/h9-16,18,22-24H,5-8H2,1-4H3,(H,20,25)/t9-,10+,11-,12?,13-,14+,15+,16+,18+/m0/s1.